The summed E-state index contributed by atoms with van der Waals surface area (Å²) in [5.41, 5.74) is 6.81. The molecule has 0 aliphatic rings. The molecular formula is C18H19N7. The zero-order valence-electron chi connectivity index (χ0n) is 14.4. The minimum Gasteiger partial charge on any atom is -0.338 e. The van der Waals surface area contributed by atoms with Crippen molar-refractivity contribution in [1.29, 1.82) is 0 Å². The summed E-state index contributed by atoms with van der Waals surface area (Å²) >= 11 is 0. The standard InChI is InChI=1S/C18H19N7/c1-11-7-12(2)25(24-11)9-14-5-4-6-15(8-14)21-18-17-16(19-10-20-18)13(3)22-23-17/h4-8,10H,9H2,1-3H3,(H,22,23)(H,19,20,21). The van der Waals surface area contributed by atoms with E-state index in [0.29, 0.717) is 5.82 Å². The van der Waals surface area contributed by atoms with E-state index in [9.17, 15) is 0 Å². The van der Waals surface area contributed by atoms with Gasteiger partial charge in [-0.3, -0.25) is 9.78 Å². The van der Waals surface area contributed by atoms with Crippen LogP contribution >= 0.6 is 0 Å². The number of benzene rings is 1. The summed E-state index contributed by atoms with van der Waals surface area (Å²) in [6.07, 6.45) is 1.55. The number of H-pyrrole nitrogens is 1. The molecule has 3 aromatic heterocycles. The molecule has 25 heavy (non-hydrogen) atoms. The highest BCUT2D eigenvalue weighted by molar-refractivity contribution is 5.88. The summed E-state index contributed by atoms with van der Waals surface area (Å²) in [6.45, 7) is 6.75. The van der Waals surface area contributed by atoms with Gasteiger partial charge in [0.25, 0.3) is 0 Å². The van der Waals surface area contributed by atoms with Gasteiger partial charge in [-0.05, 0) is 44.5 Å². The SMILES string of the molecule is Cc1cc(C)n(Cc2cccc(Nc3ncnc4c(C)[nH]nc34)c2)n1. The van der Waals surface area contributed by atoms with Crippen molar-refractivity contribution in [3.05, 3.63) is 59.3 Å². The number of rotatable bonds is 4. The number of aromatic amines is 1. The first-order valence-electron chi connectivity index (χ1n) is 8.13. The van der Waals surface area contributed by atoms with Gasteiger partial charge in [0.15, 0.2) is 11.3 Å². The van der Waals surface area contributed by atoms with Crippen molar-refractivity contribution in [3.63, 3.8) is 0 Å². The lowest BCUT2D eigenvalue weighted by molar-refractivity contribution is 0.659. The van der Waals surface area contributed by atoms with Crippen molar-refractivity contribution in [2.24, 2.45) is 0 Å². The highest BCUT2D eigenvalue weighted by Gasteiger charge is 2.10. The van der Waals surface area contributed by atoms with Crippen molar-refractivity contribution < 1.29 is 0 Å². The molecule has 0 saturated carbocycles. The Hall–Kier alpha value is -3.22. The van der Waals surface area contributed by atoms with Crippen molar-refractivity contribution in [3.8, 4) is 0 Å². The second-order valence-corrected chi connectivity index (χ2v) is 6.18. The fraction of sp³-hybridized carbons (Fsp3) is 0.222. The normalized spacial score (nSPS) is 11.2. The maximum atomic E-state index is 4.52. The number of nitrogens with zero attached hydrogens (tertiary/aromatic N) is 5. The molecule has 0 atom stereocenters. The van der Waals surface area contributed by atoms with Gasteiger partial charge in [-0.2, -0.15) is 10.2 Å². The Balaban J connectivity index is 1.62. The summed E-state index contributed by atoms with van der Waals surface area (Å²) in [5, 5.41) is 15.1. The van der Waals surface area contributed by atoms with E-state index in [0.717, 1.165) is 40.3 Å². The molecule has 0 bridgehead atoms. The zero-order valence-corrected chi connectivity index (χ0v) is 14.4. The molecule has 7 heteroatoms. The summed E-state index contributed by atoms with van der Waals surface area (Å²) in [7, 11) is 0. The minimum absolute atomic E-state index is 0.692. The highest BCUT2D eigenvalue weighted by atomic mass is 15.3. The number of aryl methyl sites for hydroxylation is 3. The van der Waals surface area contributed by atoms with Gasteiger partial charge in [-0.15, -0.1) is 0 Å². The Morgan fingerprint density at radius 2 is 1.96 bits per heavy atom. The lowest BCUT2D eigenvalue weighted by Gasteiger charge is -2.09. The maximum absolute atomic E-state index is 4.52. The Morgan fingerprint density at radius 3 is 2.76 bits per heavy atom. The maximum Gasteiger partial charge on any atom is 0.162 e. The first kappa shape index (κ1) is 15.3. The molecule has 0 unspecified atom stereocenters. The van der Waals surface area contributed by atoms with E-state index < -0.39 is 0 Å². The second-order valence-electron chi connectivity index (χ2n) is 6.18. The monoisotopic (exact) mass is 333 g/mol. The van der Waals surface area contributed by atoms with Gasteiger partial charge in [-0.25, -0.2) is 9.97 Å². The smallest absolute Gasteiger partial charge is 0.162 e. The molecule has 4 aromatic rings. The van der Waals surface area contributed by atoms with Crippen LogP contribution in [0.1, 0.15) is 22.6 Å². The average Bonchev–Trinajstić information content (AvgIpc) is 3.11. The molecule has 0 spiro atoms. The first-order valence-corrected chi connectivity index (χ1v) is 8.13. The third-order valence-corrected chi connectivity index (χ3v) is 4.14. The molecule has 4 rings (SSSR count). The van der Waals surface area contributed by atoms with E-state index in [4.69, 9.17) is 0 Å². The lowest BCUT2D eigenvalue weighted by Crippen LogP contribution is -2.04. The fourth-order valence-corrected chi connectivity index (χ4v) is 2.94. The van der Waals surface area contributed by atoms with E-state index in [1.165, 1.54) is 5.56 Å². The third kappa shape index (κ3) is 2.96. The summed E-state index contributed by atoms with van der Waals surface area (Å²) in [5.74, 6) is 0.692. The highest BCUT2D eigenvalue weighted by Crippen LogP contribution is 2.23. The van der Waals surface area contributed by atoms with Gasteiger partial charge < -0.3 is 5.32 Å². The van der Waals surface area contributed by atoms with Crippen molar-refractivity contribution in [2.75, 3.05) is 5.32 Å². The number of fused-ring (bicyclic) bond motifs is 1. The molecule has 0 radical (unpaired) electrons. The van der Waals surface area contributed by atoms with Gasteiger partial charge >= 0.3 is 0 Å². The molecule has 0 saturated heterocycles. The lowest BCUT2D eigenvalue weighted by atomic mass is 10.2. The molecular weight excluding hydrogens is 314 g/mol. The number of anilines is 2. The van der Waals surface area contributed by atoms with Crippen LogP contribution in [0.4, 0.5) is 11.5 Å². The Morgan fingerprint density at radius 1 is 1.08 bits per heavy atom. The molecule has 7 nitrogen and oxygen atoms in total. The van der Waals surface area contributed by atoms with Crippen LogP contribution in [0.15, 0.2) is 36.7 Å². The average molecular weight is 333 g/mol. The van der Waals surface area contributed by atoms with E-state index >= 15 is 0 Å². The molecule has 0 fully saturated rings. The van der Waals surface area contributed by atoms with Crippen LogP contribution in [0, 0.1) is 20.8 Å². The van der Waals surface area contributed by atoms with Crippen LogP contribution in [0.3, 0.4) is 0 Å². The van der Waals surface area contributed by atoms with Gasteiger partial charge in [0.2, 0.25) is 0 Å². The third-order valence-electron chi connectivity index (χ3n) is 4.14. The van der Waals surface area contributed by atoms with Crippen LogP contribution in [0.5, 0.6) is 0 Å². The predicted molar refractivity (Wildman–Crippen MR) is 96.9 cm³/mol. The van der Waals surface area contributed by atoms with Crippen molar-refractivity contribution >= 4 is 22.5 Å². The van der Waals surface area contributed by atoms with Crippen LogP contribution in [0.2, 0.25) is 0 Å². The molecule has 126 valence electrons. The van der Waals surface area contributed by atoms with Crippen LogP contribution in [-0.4, -0.2) is 29.9 Å². The number of hydrogen-bond donors (Lipinski definition) is 2. The van der Waals surface area contributed by atoms with Gasteiger partial charge in [-0.1, -0.05) is 12.1 Å². The predicted octanol–water partition coefficient (Wildman–Crippen LogP) is 3.27. The van der Waals surface area contributed by atoms with Gasteiger partial charge in [0, 0.05) is 11.4 Å². The summed E-state index contributed by atoms with van der Waals surface area (Å²) in [4.78, 5) is 8.60. The number of aromatic nitrogens is 6. The quantitative estimate of drug-likeness (QED) is 0.599. The van der Waals surface area contributed by atoms with Crippen molar-refractivity contribution in [2.45, 2.75) is 27.3 Å². The van der Waals surface area contributed by atoms with E-state index in [1.54, 1.807) is 6.33 Å². The van der Waals surface area contributed by atoms with Gasteiger partial charge in [0.05, 0.1) is 17.9 Å². The van der Waals surface area contributed by atoms with Crippen LogP contribution < -0.4 is 5.32 Å². The molecule has 0 aliphatic carbocycles. The van der Waals surface area contributed by atoms with Crippen molar-refractivity contribution in [1.82, 2.24) is 29.9 Å². The molecule has 0 aliphatic heterocycles. The Kier molecular flexibility index (Phi) is 3.68. The van der Waals surface area contributed by atoms with E-state index in [2.05, 4.69) is 55.7 Å². The number of hydrogen-bond acceptors (Lipinski definition) is 5. The van der Waals surface area contributed by atoms with Gasteiger partial charge in [0.1, 0.15) is 11.8 Å². The first-order chi connectivity index (χ1) is 12.1. The molecule has 2 N–H and O–H groups in total. The topological polar surface area (TPSA) is 84.3 Å². The fourth-order valence-electron chi connectivity index (χ4n) is 2.94. The Bertz CT molecular complexity index is 1040. The summed E-state index contributed by atoms with van der Waals surface area (Å²) < 4.78 is 2.01. The molecule has 3 heterocycles. The zero-order chi connectivity index (χ0) is 17.4. The van der Waals surface area contributed by atoms with E-state index in [-0.39, 0.29) is 0 Å². The largest absolute Gasteiger partial charge is 0.338 e. The van der Waals surface area contributed by atoms with Crippen LogP contribution in [-0.2, 0) is 6.54 Å². The second kappa shape index (κ2) is 6.01. The number of nitrogens with one attached hydrogen (secondary N) is 2. The van der Waals surface area contributed by atoms with E-state index in [1.807, 2.05) is 30.7 Å². The molecule has 0 amide bonds. The Labute approximate surface area is 145 Å². The molecule has 1 aromatic carbocycles. The minimum atomic E-state index is 0.692. The summed E-state index contributed by atoms with van der Waals surface area (Å²) in [6, 6.07) is 10.3. The van der Waals surface area contributed by atoms with Crippen LogP contribution in [0.25, 0.3) is 11.0 Å².